The number of amides is 1. The summed E-state index contributed by atoms with van der Waals surface area (Å²) in [4.78, 5) is 12.5. The second-order valence-corrected chi connectivity index (χ2v) is 9.07. The van der Waals surface area contributed by atoms with Crippen LogP contribution in [0.5, 0.6) is 0 Å². The van der Waals surface area contributed by atoms with Gasteiger partial charge in [0, 0.05) is 4.47 Å². The fourth-order valence-corrected chi connectivity index (χ4v) is 3.84. The molecule has 0 aliphatic rings. The van der Waals surface area contributed by atoms with Crippen molar-refractivity contribution in [3.63, 3.8) is 0 Å². The number of hydrogen-bond acceptors (Lipinski definition) is 4. The molecule has 0 aromatic heterocycles. The fraction of sp³-hybridized carbons (Fsp3) is 0.263. The number of rotatable bonds is 7. The van der Waals surface area contributed by atoms with E-state index < -0.39 is 22.0 Å². The summed E-state index contributed by atoms with van der Waals surface area (Å²) in [5.41, 5.74) is 4.16. The molecule has 6 nitrogen and oxygen atoms in total. The Balaban J connectivity index is 2.08. The lowest BCUT2D eigenvalue weighted by Crippen LogP contribution is -2.48. The highest BCUT2D eigenvalue weighted by atomic mass is 79.9. The summed E-state index contributed by atoms with van der Waals surface area (Å²) in [5.74, 6) is -0.776. The summed E-state index contributed by atoms with van der Waals surface area (Å²) in [6.45, 7) is 5.40. The van der Waals surface area contributed by atoms with Gasteiger partial charge in [-0.2, -0.15) is 9.82 Å². The van der Waals surface area contributed by atoms with Gasteiger partial charge in [-0.15, -0.1) is 0 Å². The van der Waals surface area contributed by atoms with Crippen LogP contribution in [0.1, 0.15) is 25.0 Å². The molecule has 1 atom stereocenters. The van der Waals surface area contributed by atoms with Crippen LogP contribution in [0.2, 0.25) is 0 Å². The molecule has 2 rings (SSSR count). The van der Waals surface area contributed by atoms with Crippen molar-refractivity contribution in [2.45, 2.75) is 31.7 Å². The molecule has 0 unspecified atom stereocenters. The monoisotopic (exact) mass is 451 g/mol. The number of nitrogens with zero attached hydrogens (tertiary/aromatic N) is 1. The molecular formula is C19H22BrN3O3S. The first kappa shape index (κ1) is 21.3. The number of carbonyl (C=O) groups excluding carboxylic acids is 1. The van der Waals surface area contributed by atoms with Crippen molar-refractivity contribution in [3.05, 3.63) is 64.1 Å². The number of halogens is 1. The van der Waals surface area contributed by atoms with E-state index >= 15 is 0 Å². The zero-order valence-electron chi connectivity index (χ0n) is 15.3. The number of nitrogens with one attached hydrogen (secondary N) is 2. The van der Waals surface area contributed by atoms with Crippen molar-refractivity contribution in [2.75, 3.05) is 0 Å². The normalized spacial score (nSPS) is 13.1. The molecule has 27 heavy (non-hydrogen) atoms. The summed E-state index contributed by atoms with van der Waals surface area (Å²) >= 11 is 3.34. The van der Waals surface area contributed by atoms with Gasteiger partial charge in [0.1, 0.15) is 6.04 Å². The Labute approximate surface area is 168 Å². The van der Waals surface area contributed by atoms with Gasteiger partial charge in [0.15, 0.2) is 0 Å². The van der Waals surface area contributed by atoms with Gasteiger partial charge in [0.2, 0.25) is 10.0 Å². The number of hydrogen-bond donors (Lipinski definition) is 2. The lowest BCUT2D eigenvalue weighted by molar-refractivity contribution is -0.123. The average molecular weight is 452 g/mol. The molecule has 0 aliphatic carbocycles. The third-order valence-electron chi connectivity index (χ3n) is 3.82. The number of hydrazone groups is 1. The first-order valence-electron chi connectivity index (χ1n) is 8.36. The quantitative estimate of drug-likeness (QED) is 0.500. The molecule has 0 aliphatic heterocycles. The van der Waals surface area contributed by atoms with E-state index in [1.165, 1.54) is 18.3 Å². The molecule has 2 aromatic rings. The van der Waals surface area contributed by atoms with E-state index in [1.807, 2.05) is 31.2 Å². The van der Waals surface area contributed by atoms with Crippen LogP contribution >= 0.6 is 15.9 Å². The lowest BCUT2D eigenvalue weighted by atomic mass is 10.1. The number of carbonyl (C=O) groups is 1. The van der Waals surface area contributed by atoms with Gasteiger partial charge in [-0.1, -0.05) is 59.6 Å². The van der Waals surface area contributed by atoms with Crippen LogP contribution < -0.4 is 10.1 Å². The third kappa shape index (κ3) is 6.27. The number of benzene rings is 2. The van der Waals surface area contributed by atoms with Gasteiger partial charge in [0.05, 0.1) is 11.1 Å². The maximum absolute atomic E-state index is 12.6. The molecular weight excluding hydrogens is 430 g/mol. The summed E-state index contributed by atoms with van der Waals surface area (Å²) in [6.07, 6.45) is 1.50. The molecule has 1 amide bonds. The average Bonchev–Trinajstić information content (AvgIpc) is 2.61. The van der Waals surface area contributed by atoms with E-state index in [4.69, 9.17) is 0 Å². The number of aryl methyl sites for hydroxylation is 1. The first-order chi connectivity index (χ1) is 12.7. The van der Waals surface area contributed by atoms with Crippen LogP contribution in [-0.4, -0.2) is 26.6 Å². The van der Waals surface area contributed by atoms with E-state index in [-0.39, 0.29) is 10.8 Å². The van der Waals surface area contributed by atoms with Gasteiger partial charge >= 0.3 is 0 Å². The summed E-state index contributed by atoms with van der Waals surface area (Å²) in [7, 11) is -3.82. The molecule has 0 saturated heterocycles. The lowest BCUT2D eigenvalue weighted by Gasteiger charge is -2.20. The Morgan fingerprint density at radius 1 is 1.07 bits per heavy atom. The SMILES string of the molecule is Cc1ccc(S(=O)(=O)N[C@H](C(=O)N/N=C\c2ccc(Br)cc2)C(C)C)cc1. The maximum Gasteiger partial charge on any atom is 0.258 e. The molecule has 0 spiro atoms. The van der Waals surface area contributed by atoms with Gasteiger partial charge in [-0.05, 0) is 42.7 Å². The topological polar surface area (TPSA) is 87.6 Å². The van der Waals surface area contributed by atoms with E-state index in [0.717, 1.165) is 15.6 Å². The Kier molecular flexibility index (Phi) is 7.29. The Hall–Kier alpha value is -2.03. The predicted molar refractivity (Wildman–Crippen MR) is 110 cm³/mol. The van der Waals surface area contributed by atoms with Crippen molar-refractivity contribution in [2.24, 2.45) is 11.0 Å². The van der Waals surface area contributed by atoms with Gasteiger partial charge in [0.25, 0.3) is 5.91 Å². The van der Waals surface area contributed by atoms with Crippen molar-refractivity contribution < 1.29 is 13.2 Å². The smallest absolute Gasteiger partial charge is 0.258 e. The molecule has 2 aromatic carbocycles. The van der Waals surface area contributed by atoms with E-state index in [9.17, 15) is 13.2 Å². The Bertz CT molecular complexity index is 908. The van der Waals surface area contributed by atoms with Crippen LogP contribution in [0.25, 0.3) is 0 Å². The van der Waals surface area contributed by atoms with Crippen LogP contribution in [0, 0.1) is 12.8 Å². The summed E-state index contributed by atoms with van der Waals surface area (Å²) < 4.78 is 28.5. The highest BCUT2D eigenvalue weighted by Crippen LogP contribution is 2.13. The molecule has 0 saturated carbocycles. The largest absolute Gasteiger partial charge is 0.271 e. The van der Waals surface area contributed by atoms with Crippen LogP contribution in [-0.2, 0) is 14.8 Å². The Morgan fingerprint density at radius 2 is 1.67 bits per heavy atom. The van der Waals surface area contributed by atoms with Crippen LogP contribution in [0.4, 0.5) is 0 Å². The van der Waals surface area contributed by atoms with Crippen molar-refractivity contribution in [1.29, 1.82) is 0 Å². The molecule has 0 heterocycles. The van der Waals surface area contributed by atoms with Gasteiger partial charge in [-0.25, -0.2) is 13.8 Å². The minimum absolute atomic E-state index is 0.116. The maximum atomic E-state index is 12.6. The second-order valence-electron chi connectivity index (χ2n) is 6.44. The van der Waals surface area contributed by atoms with Gasteiger partial charge in [-0.3, -0.25) is 4.79 Å². The minimum Gasteiger partial charge on any atom is -0.271 e. The highest BCUT2D eigenvalue weighted by Gasteiger charge is 2.28. The first-order valence-corrected chi connectivity index (χ1v) is 10.6. The zero-order chi connectivity index (χ0) is 20.0. The summed E-state index contributed by atoms with van der Waals surface area (Å²) in [6, 6.07) is 12.9. The standard InChI is InChI=1S/C19H22BrN3O3S/c1-13(2)18(23-27(25,26)17-10-4-14(3)5-11-17)19(24)22-21-12-15-6-8-16(20)9-7-15/h4-13,18,23H,1-3H3,(H,22,24)/b21-12-/t18-/m0/s1. The van der Waals surface area contributed by atoms with E-state index in [2.05, 4.69) is 31.2 Å². The van der Waals surface area contributed by atoms with E-state index in [1.54, 1.807) is 26.0 Å². The number of sulfonamides is 1. The minimum atomic E-state index is -3.82. The van der Waals surface area contributed by atoms with Crippen molar-refractivity contribution >= 4 is 38.1 Å². The predicted octanol–water partition coefficient (Wildman–Crippen LogP) is 3.21. The van der Waals surface area contributed by atoms with Crippen LogP contribution in [0.15, 0.2) is 63.0 Å². The molecule has 144 valence electrons. The van der Waals surface area contributed by atoms with Gasteiger partial charge < -0.3 is 0 Å². The highest BCUT2D eigenvalue weighted by molar-refractivity contribution is 9.10. The Morgan fingerprint density at radius 3 is 2.22 bits per heavy atom. The summed E-state index contributed by atoms with van der Waals surface area (Å²) in [5, 5.41) is 3.91. The molecule has 0 fully saturated rings. The molecule has 2 N–H and O–H groups in total. The molecule has 0 bridgehead atoms. The molecule has 0 radical (unpaired) electrons. The fourth-order valence-electron chi connectivity index (χ4n) is 2.23. The zero-order valence-corrected chi connectivity index (χ0v) is 17.7. The molecule has 8 heteroatoms. The second kappa shape index (κ2) is 9.25. The van der Waals surface area contributed by atoms with Crippen LogP contribution in [0.3, 0.4) is 0 Å². The van der Waals surface area contributed by atoms with Crippen molar-refractivity contribution in [1.82, 2.24) is 10.1 Å². The van der Waals surface area contributed by atoms with E-state index in [0.29, 0.717) is 0 Å². The van der Waals surface area contributed by atoms with Crippen molar-refractivity contribution in [3.8, 4) is 0 Å². The third-order valence-corrected chi connectivity index (χ3v) is 5.81.